The SMILES string of the molecule is CC1COC1[C]=O. The van der Waals surface area contributed by atoms with Crippen molar-refractivity contribution in [1.82, 2.24) is 0 Å². The summed E-state index contributed by atoms with van der Waals surface area (Å²) in [5.74, 6) is 0.400. The van der Waals surface area contributed by atoms with Gasteiger partial charge in [0.2, 0.25) is 6.29 Å². The van der Waals surface area contributed by atoms with Gasteiger partial charge in [-0.3, -0.25) is 4.79 Å². The highest BCUT2D eigenvalue weighted by Gasteiger charge is 2.27. The van der Waals surface area contributed by atoms with Crippen molar-refractivity contribution >= 4 is 6.29 Å². The van der Waals surface area contributed by atoms with Crippen LogP contribution in [0.1, 0.15) is 6.92 Å². The second-order valence-corrected chi connectivity index (χ2v) is 1.85. The molecule has 1 heterocycles. The van der Waals surface area contributed by atoms with E-state index in [1.54, 1.807) is 6.29 Å². The second kappa shape index (κ2) is 1.62. The van der Waals surface area contributed by atoms with Crippen molar-refractivity contribution in [2.24, 2.45) is 5.92 Å². The summed E-state index contributed by atoms with van der Waals surface area (Å²) >= 11 is 0. The van der Waals surface area contributed by atoms with Gasteiger partial charge < -0.3 is 4.74 Å². The van der Waals surface area contributed by atoms with Gasteiger partial charge in [0.1, 0.15) is 6.10 Å². The van der Waals surface area contributed by atoms with E-state index < -0.39 is 0 Å². The fourth-order valence-electron chi connectivity index (χ4n) is 0.535. The number of carbonyl (C=O) groups excluding carboxylic acids is 1. The average molecular weight is 99.1 g/mol. The van der Waals surface area contributed by atoms with Gasteiger partial charge in [-0.15, -0.1) is 0 Å². The lowest BCUT2D eigenvalue weighted by Gasteiger charge is -2.28. The first kappa shape index (κ1) is 4.78. The van der Waals surface area contributed by atoms with Gasteiger partial charge in [-0.05, 0) is 0 Å². The largest absolute Gasteiger partial charge is 0.369 e. The Morgan fingerprint density at radius 2 is 2.57 bits per heavy atom. The third-order valence-corrected chi connectivity index (χ3v) is 1.17. The predicted molar refractivity (Wildman–Crippen MR) is 24.6 cm³/mol. The first-order chi connectivity index (χ1) is 3.34. The Morgan fingerprint density at radius 1 is 1.86 bits per heavy atom. The van der Waals surface area contributed by atoms with Gasteiger partial charge in [-0.1, -0.05) is 6.92 Å². The minimum atomic E-state index is -0.222. The summed E-state index contributed by atoms with van der Waals surface area (Å²) in [6.45, 7) is 2.69. The minimum absolute atomic E-state index is 0.222. The fourth-order valence-corrected chi connectivity index (χ4v) is 0.535. The van der Waals surface area contributed by atoms with E-state index in [0.29, 0.717) is 5.92 Å². The van der Waals surface area contributed by atoms with Crippen LogP contribution >= 0.6 is 0 Å². The van der Waals surface area contributed by atoms with E-state index in [4.69, 9.17) is 4.74 Å². The summed E-state index contributed by atoms with van der Waals surface area (Å²) < 4.78 is 4.77. The van der Waals surface area contributed by atoms with Crippen molar-refractivity contribution in [3.8, 4) is 0 Å². The van der Waals surface area contributed by atoms with Crippen LogP contribution in [0.2, 0.25) is 0 Å². The smallest absolute Gasteiger partial charge is 0.230 e. The molecule has 0 aromatic heterocycles. The second-order valence-electron chi connectivity index (χ2n) is 1.85. The van der Waals surface area contributed by atoms with E-state index in [0.717, 1.165) is 6.61 Å². The summed E-state index contributed by atoms with van der Waals surface area (Å²) in [5.41, 5.74) is 0. The molecule has 1 saturated heterocycles. The molecule has 0 aromatic carbocycles. The molecule has 0 N–H and O–H groups in total. The van der Waals surface area contributed by atoms with Crippen LogP contribution in [0.5, 0.6) is 0 Å². The topological polar surface area (TPSA) is 26.3 Å². The molecule has 0 aromatic rings. The van der Waals surface area contributed by atoms with Gasteiger partial charge in [0.25, 0.3) is 0 Å². The molecule has 7 heavy (non-hydrogen) atoms. The summed E-state index contributed by atoms with van der Waals surface area (Å²) in [4.78, 5) is 9.75. The molecule has 0 spiro atoms. The van der Waals surface area contributed by atoms with Gasteiger partial charge in [-0.2, -0.15) is 0 Å². The van der Waals surface area contributed by atoms with E-state index >= 15 is 0 Å². The van der Waals surface area contributed by atoms with Crippen molar-refractivity contribution in [3.63, 3.8) is 0 Å². The minimum Gasteiger partial charge on any atom is -0.369 e. The Hall–Kier alpha value is -0.370. The van der Waals surface area contributed by atoms with Crippen LogP contribution in [0.15, 0.2) is 0 Å². The summed E-state index contributed by atoms with van der Waals surface area (Å²) in [6.07, 6.45) is 1.56. The molecule has 2 unspecified atom stereocenters. The van der Waals surface area contributed by atoms with Gasteiger partial charge in [-0.25, -0.2) is 0 Å². The molecular weight excluding hydrogens is 92.1 g/mol. The Labute approximate surface area is 42.5 Å². The van der Waals surface area contributed by atoms with Crippen LogP contribution in [0.4, 0.5) is 0 Å². The molecule has 1 radical (unpaired) electrons. The molecule has 2 heteroatoms. The number of hydrogen-bond donors (Lipinski definition) is 0. The van der Waals surface area contributed by atoms with Crippen molar-refractivity contribution in [1.29, 1.82) is 0 Å². The Balaban J connectivity index is 2.28. The van der Waals surface area contributed by atoms with E-state index in [2.05, 4.69) is 0 Å². The van der Waals surface area contributed by atoms with Crippen molar-refractivity contribution in [2.75, 3.05) is 6.61 Å². The highest BCUT2D eigenvalue weighted by molar-refractivity contribution is 5.58. The molecule has 2 atom stereocenters. The lowest BCUT2D eigenvalue weighted by atomic mass is 10.0. The lowest BCUT2D eigenvalue weighted by molar-refractivity contribution is -0.0640. The van der Waals surface area contributed by atoms with E-state index in [9.17, 15) is 4.79 Å². The fraction of sp³-hybridized carbons (Fsp3) is 0.800. The Morgan fingerprint density at radius 3 is 2.57 bits per heavy atom. The number of ether oxygens (including phenoxy) is 1. The van der Waals surface area contributed by atoms with E-state index in [1.807, 2.05) is 6.92 Å². The highest BCUT2D eigenvalue weighted by Crippen LogP contribution is 2.16. The molecule has 0 aliphatic carbocycles. The standard InChI is InChI=1S/C5H7O2/c1-4-3-7-5(4)2-6/h4-5H,3H2,1H3. The monoisotopic (exact) mass is 99.0 g/mol. The van der Waals surface area contributed by atoms with Crippen LogP contribution in [-0.4, -0.2) is 19.0 Å². The maximum atomic E-state index is 9.75. The molecule has 0 bridgehead atoms. The molecular formula is C5H7O2. The summed E-state index contributed by atoms with van der Waals surface area (Å²) in [5, 5.41) is 0. The number of rotatable bonds is 1. The maximum absolute atomic E-state index is 9.75. The Bertz CT molecular complexity index is 80.1. The van der Waals surface area contributed by atoms with Crippen molar-refractivity contribution in [2.45, 2.75) is 13.0 Å². The normalized spacial score (nSPS) is 39.6. The first-order valence-corrected chi connectivity index (χ1v) is 2.34. The van der Waals surface area contributed by atoms with E-state index in [1.165, 1.54) is 0 Å². The van der Waals surface area contributed by atoms with Gasteiger partial charge in [0.05, 0.1) is 6.61 Å². The maximum Gasteiger partial charge on any atom is 0.230 e. The lowest BCUT2D eigenvalue weighted by Crippen LogP contribution is -2.38. The van der Waals surface area contributed by atoms with Crippen LogP contribution in [0, 0.1) is 5.92 Å². The summed E-state index contributed by atoms with van der Waals surface area (Å²) in [6, 6.07) is 0. The van der Waals surface area contributed by atoms with Crippen LogP contribution in [-0.2, 0) is 9.53 Å². The zero-order chi connectivity index (χ0) is 5.28. The third kappa shape index (κ3) is 0.657. The van der Waals surface area contributed by atoms with Gasteiger partial charge in [0.15, 0.2) is 0 Å². The summed E-state index contributed by atoms with van der Waals surface area (Å²) in [7, 11) is 0. The molecule has 1 fully saturated rings. The molecule has 0 saturated carbocycles. The molecule has 1 aliphatic heterocycles. The van der Waals surface area contributed by atoms with E-state index in [-0.39, 0.29) is 6.10 Å². The van der Waals surface area contributed by atoms with Crippen molar-refractivity contribution < 1.29 is 9.53 Å². The van der Waals surface area contributed by atoms with Crippen LogP contribution in [0.3, 0.4) is 0 Å². The zero-order valence-electron chi connectivity index (χ0n) is 4.18. The molecule has 2 nitrogen and oxygen atoms in total. The third-order valence-electron chi connectivity index (χ3n) is 1.17. The van der Waals surface area contributed by atoms with Crippen molar-refractivity contribution in [3.05, 3.63) is 0 Å². The molecule has 0 amide bonds. The molecule has 1 rings (SSSR count). The van der Waals surface area contributed by atoms with Gasteiger partial charge >= 0.3 is 0 Å². The average Bonchev–Trinajstić information content (AvgIpc) is 1.65. The predicted octanol–water partition coefficient (Wildman–Crippen LogP) is 0.131. The first-order valence-electron chi connectivity index (χ1n) is 2.34. The number of hydrogen-bond acceptors (Lipinski definition) is 2. The highest BCUT2D eigenvalue weighted by atomic mass is 16.5. The zero-order valence-corrected chi connectivity index (χ0v) is 4.18. The molecule has 39 valence electrons. The Kier molecular flexibility index (Phi) is 1.11. The van der Waals surface area contributed by atoms with Gasteiger partial charge in [0, 0.05) is 5.92 Å². The van der Waals surface area contributed by atoms with Crippen LogP contribution in [0.25, 0.3) is 0 Å². The van der Waals surface area contributed by atoms with Crippen LogP contribution < -0.4 is 0 Å². The molecule has 1 aliphatic rings. The quantitative estimate of drug-likeness (QED) is 0.467.